The van der Waals surface area contributed by atoms with Crippen molar-refractivity contribution in [1.29, 1.82) is 0 Å². The van der Waals surface area contributed by atoms with Crippen LogP contribution in [0.4, 0.5) is 9.11 Å². The van der Waals surface area contributed by atoms with Crippen molar-refractivity contribution in [2.75, 3.05) is 0 Å². The molecule has 0 rings (SSSR count). The number of halogens is 1. The standard InChI is InChI=1S/CH2BFO2.H3N/c3-2-1(4)5;/h2H,(H,4,5);1H3. The molecule has 5 heteroatoms. The van der Waals surface area contributed by atoms with Crippen molar-refractivity contribution in [3.05, 3.63) is 0 Å². The van der Waals surface area contributed by atoms with Gasteiger partial charge in [0, 0.05) is 0 Å². The van der Waals surface area contributed by atoms with Gasteiger partial charge in [0.2, 0.25) is 0 Å². The summed E-state index contributed by atoms with van der Waals surface area (Å²) in [5, 5.41) is 7.35. The molecule has 0 heterocycles. The molecule has 0 aliphatic rings. The van der Waals surface area contributed by atoms with Crippen LogP contribution in [0.15, 0.2) is 0 Å². The van der Waals surface area contributed by atoms with Crippen molar-refractivity contribution in [3.8, 4) is 0 Å². The zero-order chi connectivity index (χ0) is 4.28. The number of carboxylic acid groups (broad SMARTS) is 1. The Morgan fingerprint density at radius 3 is 2.00 bits per heavy atom. The van der Waals surface area contributed by atoms with Crippen molar-refractivity contribution in [3.63, 3.8) is 0 Å². The third-order valence-corrected chi connectivity index (χ3v) is 0.114. The Morgan fingerprint density at radius 2 is 2.00 bits per heavy atom. The van der Waals surface area contributed by atoms with E-state index in [9.17, 15) is 4.32 Å². The van der Waals surface area contributed by atoms with Gasteiger partial charge in [-0.15, -0.1) is 0 Å². The molecule has 0 spiro atoms. The van der Waals surface area contributed by atoms with E-state index in [1.165, 1.54) is 0 Å². The largest absolute Gasteiger partial charge is 0.487 e. The smallest absolute Gasteiger partial charge is 0.457 e. The highest BCUT2D eigenvalue weighted by molar-refractivity contribution is 6.65. The minimum Gasteiger partial charge on any atom is -0.487 e. The van der Waals surface area contributed by atoms with Gasteiger partial charge in [-0.2, -0.15) is 0 Å². The molecule has 0 saturated carbocycles. The first-order valence-corrected chi connectivity index (χ1v) is 1.05. The van der Waals surface area contributed by atoms with Crippen LogP contribution in [0.25, 0.3) is 0 Å². The Bertz CT molecular complexity index is 48.8. The lowest BCUT2D eigenvalue weighted by Gasteiger charge is -1.66. The lowest BCUT2D eigenvalue weighted by molar-refractivity contribution is 0.218. The van der Waals surface area contributed by atoms with E-state index in [-0.39, 0.29) is 6.15 Å². The molecule has 0 aromatic rings. The minimum absolute atomic E-state index is 0. The van der Waals surface area contributed by atoms with Crippen LogP contribution >= 0.6 is 0 Å². The van der Waals surface area contributed by atoms with E-state index >= 15 is 0 Å². The van der Waals surface area contributed by atoms with Gasteiger partial charge in [0.25, 0.3) is 5.87 Å². The highest BCUT2D eigenvalue weighted by atomic mass is 19.1. The summed E-state index contributed by atoms with van der Waals surface area (Å²) in [4.78, 5) is 8.99. The highest BCUT2D eigenvalue weighted by Gasteiger charge is 1.92. The van der Waals surface area contributed by atoms with Crippen LogP contribution in [-0.4, -0.2) is 18.5 Å². The number of carbonyl (C=O) groups is 1. The average Bonchev–Trinajstić information content (AvgIpc) is 1.38. The van der Waals surface area contributed by atoms with E-state index < -0.39 is 13.4 Å². The van der Waals surface area contributed by atoms with Crippen LogP contribution in [0.1, 0.15) is 0 Å². The maximum atomic E-state index is 10.5. The normalized spacial score (nSPS) is 5.50. The van der Waals surface area contributed by atoms with Crippen molar-refractivity contribution in [1.82, 2.24) is 6.15 Å². The molecule has 6 heavy (non-hydrogen) atoms. The molecule has 0 aromatic carbocycles. The van der Waals surface area contributed by atoms with Gasteiger partial charge < -0.3 is 15.6 Å². The fourth-order valence-electron chi connectivity index (χ4n) is 0. The molecule has 0 aliphatic heterocycles. The molecule has 0 aromatic heterocycles. The van der Waals surface area contributed by atoms with Crippen molar-refractivity contribution in [2.24, 2.45) is 0 Å². The lowest BCUT2D eigenvalue weighted by Crippen LogP contribution is -1.95. The first-order valence-electron chi connectivity index (χ1n) is 1.05. The van der Waals surface area contributed by atoms with E-state index in [1.54, 1.807) is 0 Å². The summed E-state index contributed by atoms with van der Waals surface area (Å²) in [7, 11) is -1.28. The monoisotopic (exact) mass is 93.0 g/mol. The molecule has 0 unspecified atom stereocenters. The maximum Gasteiger partial charge on any atom is 0.457 e. The zero-order valence-corrected chi connectivity index (χ0v) is 3.15. The molecule has 0 saturated heterocycles. The van der Waals surface area contributed by atoms with Gasteiger partial charge in [-0.05, 0) is 0 Å². The van der Waals surface area contributed by atoms with Gasteiger partial charge >= 0.3 is 7.56 Å². The third-order valence-electron chi connectivity index (χ3n) is 0.114. The number of hydrogen-bond donors (Lipinski definition) is 2. The fraction of sp³-hybridized carbons (Fsp3) is 0. The molecule has 4 N–H and O–H groups in total. The van der Waals surface area contributed by atoms with Crippen LogP contribution in [-0.2, 0) is 0 Å². The lowest BCUT2D eigenvalue weighted by atomic mass is 10.1. The summed E-state index contributed by atoms with van der Waals surface area (Å²) < 4.78 is 10.5. The number of rotatable bonds is 1. The Kier molecular flexibility index (Phi) is 6.68. The summed E-state index contributed by atoms with van der Waals surface area (Å²) in [6, 6.07) is 0. The minimum atomic E-state index is -1.41. The van der Waals surface area contributed by atoms with E-state index in [2.05, 4.69) is 0 Å². The van der Waals surface area contributed by atoms with Crippen LogP contribution in [0.3, 0.4) is 0 Å². The van der Waals surface area contributed by atoms with Crippen molar-refractivity contribution in [2.45, 2.75) is 0 Å². The first-order chi connectivity index (χ1) is 2.27. The van der Waals surface area contributed by atoms with E-state index in [1.807, 2.05) is 0 Å². The van der Waals surface area contributed by atoms with Crippen LogP contribution in [0, 0.1) is 0 Å². The summed E-state index contributed by atoms with van der Waals surface area (Å²) in [6.45, 7) is 0. The molecule has 0 fully saturated rings. The maximum absolute atomic E-state index is 10.5. The predicted octanol–water partition coefficient (Wildman–Crippen LogP) is 0.147. The summed E-state index contributed by atoms with van der Waals surface area (Å²) in [6.07, 6.45) is 0. The summed E-state index contributed by atoms with van der Waals surface area (Å²) in [5.41, 5.74) is 0. The highest BCUT2D eigenvalue weighted by Crippen LogP contribution is 1.60. The Labute approximate surface area is 35.0 Å². The molecule has 0 atom stereocenters. The molecule has 0 bridgehead atoms. The quantitative estimate of drug-likeness (QED) is 0.453. The average molecular weight is 92.9 g/mol. The van der Waals surface area contributed by atoms with Gasteiger partial charge in [-0.25, -0.2) is 0 Å². The Balaban J connectivity index is 0. The fourth-order valence-corrected chi connectivity index (χ4v) is 0. The molecule has 3 nitrogen and oxygen atoms in total. The van der Waals surface area contributed by atoms with Gasteiger partial charge in [0.15, 0.2) is 0 Å². The van der Waals surface area contributed by atoms with Gasteiger partial charge in [0.05, 0.1) is 0 Å². The van der Waals surface area contributed by atoms with Gasteiger partial charge in [-0.1, -0.05) is 0 Å². The second-order valence-corrected chi connectivity index (χ2v) is 0.527. The molecular formula is CH5BFNO2. The third kappa shape index (κ3) is 9.92. The van der Waals surface area contributed by atoms with E-state index in [0.29, 0.717) is 0 Å². The second-order valence-electron chi connectivity index (χ2n) is 0.527. The van der Waals surface area contributed by atoms with E-state index in [0.717, 1.165) is 0 Å². The predicted molar refractivity (Wildman–Crippen MR) is 21.3 cm³/mol. The zero-order valence-electron chi connectivity index (χ0n) is 3.15. The summed E-state index contributed by atoms with van der Waals surface area (Å²) in [5.74, 6) is -1.41. The summed E-state index contributed by atoms with van der Waals surface area (Å²) >= 11 is 0. The molecular weight excluding hydrogens is 87.8 g/mol. The van der Waals surface area contributed by atoms with Crippen molar-refractivity contribution < 1.29 is 14.2 Å². The topological polar surface area (TPSA) is 72.3 Å². The number of hydrogen-bond acceptors (Lipinski definition) is 2. The van der Waals surface area contributed by atoms with Crippen LogP contribution in [0.2, 0.25) is 0 Å². The van der Waals surface area contributed by atoms with Crippen molar-refractivity contribution >= 4 is 13.4 Å². The van der Waals surface area contributed by atoms with Crippen LogP contribution < -0.4 is 6.15 Å². The van der Waals surface area contributed by atoms with Gasteiger partial charge in [-0.3, -0.25) is 4.79 Å². The Hall–Kier alpha value is -0.575. The SMILES string of the molecule is N.O=C(O)BF. The molecule has 36 valence electrons. The molecule has 0 amide bonds. The first kappa shape index (κ1) is 9.06. The van der Waals surface area contributed by atoms with Crippen LogP contribution in [0.5, 0.6) is 0 Å². The molecule has 0 aliphatic carbocycles. The second kappa shape index (κ2) is 4.42. The Morgan fingerprint density at radius 1 is 1.83 bits per heavy atom. The molecule has 0 radical (unpaired) electrons. The van der Waals surface area contributed by atoms with Gasteiger partial charge in [0.1, 0.15) is 0 Å². The van der Waals surface area contributed by atoms with E-state index in [4.69, 9.17) is 9.90 Å².